The Kier molecular flexibility index (Phi) is 1.49. The van der Waals surface area contributed by atoms with Crippen LogP contribution in [0.5, 0.6) is 0 Å². The Labute approximate surface area is 82.9 Å². The van der Waals surface area contributed by atoms with Crippen molar-refractivity contribution in [3.63, 3.8) is 0 Å². The zero-order valence-corrected chi connectivity index (χ0v) is 7.90. The van der Waals surface area contributed by atoms with E-state index in [0.717, 1.165) is 25.2 Å². The summed E-state index contributed by atoms with van der Waals surface area (Å²) in [7, 11) is 0. The molecule has 72 valence electrons. The van der Waals surface area contributed by atoms with Crippen molar-refractivity contribution in [2.45, 2.75) is 24.9 Å². The van der Waals surface area contributed by atoms with Gasteiger partial charge < -0.3 is 4.74 Å². The second kappa shape index (κ2) is 2.59. The van der Waals surface area contributed by atoms with Crippen molar-refractivity contribution in [1.29, 1.82) is 0 Å². The Hall–Kier alpha value is -1.31. The molecular weight excluding hydrogens is 176 g/mol. The van der Waals surface area contributed by atoms with Crippen molar-refractivity contribution >= 4 is 5.97 Å². The van der Waals surface area contributed by atoms with Gasteiger partial charge in [-0.05, 0) is 37.3 Å². The molecule has 0 unspecified atom stereocenters. The summed E-state index contributed by atoms with van der Waals surface area (Å²) in [6.07, 6.45) is 3.27. The molecule has 2 nitrogen and oxygen atoms in total. The predicted molar refractivity (Wildman–Crippen MR) is 51.9 cm³/mol. The number of carbonyl (C=O) groups excluding carboxylic acids is 1. The van der Waals surface area contributed by atoms with E-state index >= 15 is 0 Å². The standard InChI is InChI=1S/C12H12O2/c13-11(10-4-2-1-3-5-10)14-12-6-9(7-12)8-12/h1-5,9H,6-8H2. The van der Waals surface area contributed by atoms with Gasteiger partial charge >= 0.3 is 5.97 Å². The fraction of sp³-hybridized carbons (Fsp3) is 0.417. The van der Waals surface area contributed by atoms with Crippen LogP contribution in [0.1, 0.15) is 29.6 Å². The summed E-state index contributed by atoms with van der Waals surface area (Å²) in [5.74, 6) is 0.683. The van der Waals surface area contributed by atoms with E-state index in [0.29, 0.717) is 5.56 Å². The van der Waals surface area contributed by atoms with Gasteiger partial charge in [0.05, 0.1) is 5.56 Å². The van der Waals surface area contributed by atoms with Crippen molar-refractivity contribution in [2.24, 2.45) is 5.92 Å². The van der Waals surface area contributed by atoms with E-state index in [-0.39, 0.29) is 11.6 Å². The van der Waals surface area contributed by atoms with Crippen molar-refractivity contribution < 1.29 is 9.53 Å². The monoisotopic (exact) mass is 188 g/mol. The van der Waals surface area contributed by atoms with Crippen LogP contribution < -0.4 is 0 Å². The van der Waals surface area contributed by atoms with E-state index in [1.54, 1.807) is 12.1 Å². The van der Waals surface area contributed by atoms with Crippen LogP contribution in [0.3, 0.4) is 0 Å². The first-order chi connectivity index (χ1) is 6.77. The van der Waals surface area contributed by atoms with E-state index in [9.17, 15) is 4.79 Å². The van der Waals surface area contributed by atoms with Crippen LogP contribution in [0.4, 0.5) is 0 Å². The summed E-state index contributed by atoms with van der Waals surface area (Å²) in [5, 5.41) is 0. The first-order valence-corrected chi connectivity index (χ1v) is 5.06. The highest BCUT2D eigenvalue weighted by atomic mass is 16.6. The van der Waals surface area contributed by atoms with E-state index in [1.807, 2.05) is 18.2 Å². The molecule has 2 bridgehead atoms. The van der Waals surface area contributed by atoms with Crippen LogP contribution in [0.2, 0.25) is 0 Å². The molecule has 0 aromatic heterocycles. The summed E-state index contributed by atoms with van der Waals surface area (Å²) in [6.45, 7) is 0. The van der Waals surface area contributed by atoms with Gasteiger partial charge in [0, 0.05) is 0 Å². The van der Waals surface area contributed by atoms with Gasteiger partial charge in [0.1, 0.15) is 5.60 Å². The van der Waals surface area contributed by atoms with Gasteiger partial charge in [0.25, 0.3) is 0 Å². The molecular formula is C12H12O2. The van der Waals surface area contributed by atoms with Crippen LogP contribution in [-0.4, -0.2) is 11.6 Å². The molecule has 0 heterocycles. The van der Waals surface area contributed by atoms with Crippen molar-refractivity contribution in [1.82, 2.24) is 0 Å². The average Bonchev–Trinajstić information content (AvgIpc) is 2.10. The van der Waals surface area contributed by atoms with E-state index in [2.05, 4.69) is 0 Å². The van der Waals surface area contributed by atoms with Crippen LogP contribution in [0.15, 0.2) is 30.3 Å². The Bertz CT molecular complexity index is 352. The highest BCUT2D eigenvalue weighted by Gasteiger charge is 2.59. The minimum Gasteiger partial charge on any atom is -0.455 e. The number of carbonyl (C=O) groups is 1. The number of ether oxygens (including phenoxy) is 1. The quantitative estimate of drug-likeness (QED) is 0.666. The van der Waals surface area contributed by atoms with Crippen molar-refractivity contribution in [3.8, 4) is 0 Å². The van der Waals surface area contributed by atoms with Crippen LogP contribution in [0, 0.1) is 5.92 Å². The molecule has 3 aliphatic carbocycles. The maximum absolute atomic E-state index is 11.7. The highest BCUT2D eigenvalue weighted by molar-refractivity contribution is 5.89. The third kappa shape index (κ3) is 1.07. The molecule has 2 heteroatoms. The Balaban J connectivity index is 1.71. The van der Waals surface area contributed by atoms with Gasteiger partial charge in [-0.3, -0.25) is 0 Å². The molecule has 1 aromatic carbocycles. The molecule has 0 amide bonds. The normalized spacial score (nSPS) is 32.7. The first kappa shape index (κ1) is 8.04. The summed E-state index contributed by atoms with van der Waals surface area (Å²) in [4.78, 5) is 11.7. The smallest absolute Gasteiger partial charge is 0.338 e. The van der Waals surface area contributed by atoms with Crippen molar-refractivity contribution in [3.05, 3.63) is 35.9 Å². The minimum atomic E-state index is -0.163. The second-order valence-corrected chi connectivity index (χ2v) is 4.42. The highest BCUT2D eigenvalue weighted by Crippen LogP contribution is 2.59. The largest absolute Gasteiger partial charge is 0.455 e. The third-order valence-corrected chi connectivity index (χ3v) is 3.30. The molecule has 4 rings (SSSR count). The molecule has 0 spiro atoms. The van der Waals surface area contributed by atoms with Gasteiger partial charge in [0.15, 0.2) is 0 Å². The fourth-order valence-corrected chi connectivity index (χ4v) is 2.35. The number of hydrogen-bond acceptors (Lipinski definition) is 2. The van der Waals surface area contributed by atoms with Crippen molar-refractivity contribution in [2.75, 3.05) is 0 Å². The molecule has 0 aliphatic heterocycles. The van der Waals surface area contributed by atoms with E-state index < -0.39 is 0 Å². The van der Waals surface area contributed by atoms with E-state index in [1.165, 1.54) is 0 Å². The summed E-state index contributed by atoms with van der Waals surface area (Å²) in [5.41, 5.74) is 0.606. The summed E-state index contributed by atoms with van der Waals surface area (Å²) < 4.78 is 5.49. The Morgan fingerprint density at radius 1 is 1.21 bits per heavy atom. The fourth-order valence-electron chi connectivity index (χ4n) is 2.35. The number of rotatable bonds is 2. The predicted octanol–water partition coefficient (Wildman–Crippen LogP) is 2.40. The average molecular weight is 188 g/mol. The lowest BCUT2D eigenvalue weighted by Crippen LogP contribution is -2.60. The van der Waals surface area contributed by atoms with Crippen LogP contribution in [0.25, 0.3) is 0 Å². The maximum Gasteiger partial charge on any atom is 0.338 e. The molecule has 0 radical (unpaired) electrons. The van der Waals surface area contributed by atoms with Gasteiger partial charge in [-0.15, -0.1) is 0 Å². The SMILES string of the molecule is O=C(OC12CC(C1)C2)c1ccccc1. The topological polar surface area (TPSA) is 26.3 Å². The first-order valence-electron chi connectivity index (χ1n) is 5.06. The van der Waals surface area contributed by atoms with Crippen LogP contribution in [-0.2, 0) is 4.74 Å². The minimum absolute atomic E-state index is 0.0579. The summed E-state index contributed by atoms with van der Waals surface area (Å²) in [6, 6.07) is 9.22. The Morgan fingerprint density at radius 3 is 2.36 bits per heavy atom. The lowest BCUT2D eigenvalue weighted by atomic mass is 9.52. The number of esters is 1. The molecule has 0 N–H and O–H groups in total. The molecule has 14 heavy (non-hydrogen) atoms. The van der Waals surface area contributed by atoms with Gasteiger partial charge in [-0.1, -0.05) is 18.2 Å². The molecule has 1 aromatic rings. The molecule has 0 saturated heterocycles. The molecule has 0 atom stereocenters. The van der Waals surface area contributed by atoms with Gasteiger partial charge in [0.2, 0.25) is 0 Å². The third-order valence-electron chi connectivity index (χ3n) is 3.30. The lowest BCUT2D eigenvalue weighted by molar-refractivity contribution is -0.191. The van der Waals surface area contributed by atoms with Gasteiger partial charge in [-0.25, -0.2) is 4.79 Å². The second-order valence-electron chi connectivity index (χ2n) is 4.42. The molecule has 3 aliphatic rings. The maximum atomic E-state index is 11.7. The number of benzene rings is 1. The van der Waals surface area contributed by atoms with Crippen LogP contribution >= 0.6 is 0 Å². The Morgan fingerprint density at radius 2 is 1.86 bits per heavy atom. The number of hydrogen-bond donors (Lipinski definition) is 0. The van der Waals surface area contributed by atoms with Gasteiger partial charge in [-0.2, -0.15) is 0 Å². The zero-order chi connectivity index (χ0) is 9.60. The molecule has 3 fully saturated rings. The van der Waals surface area contributed by atoms with E-state index in [4.69, 9.17) is 4.74 Å². The lowest BCUT2D eigenvalue weighted by Gasteiger charge is -2.59. The molecule has 3 saturated carbocycles. The summed E-state index contributed by atoms with van der Waals surface area (Å²) >= 11 is 0. The zero-order valence-electron chi connectivity index (χ0n) is 7.90.